The van der Waals surface area contributed by atoms with Crippen molar-refractivity contribution in [2.75, 3.05) is 18.4 Å². The van der Waals surface area contributed by atoms with E-state index in [-0.39, 0.29) is 34.0 Å². The van der Waals surface area contributed by atoms with Gasteiger partial charge in [0.2, 0.25) is 0 Å². The van der Waals surface area contributed by atoms with Crippen LogP contribution in [0.4, 0.5) is 19.4 Å². The van der Waals surface area contributed by atoms with Crippen LogP contribution in [0, 0.1) is 18.6 Å². The Hall–Kier alpha value is -4.84. The summed E-state index contributed by atoms with van der Waals surface area (Å²) in [5.74, 6) is -0.797. The van der Waals surface area contributed by atoms with Gasteiger partial charge in [0.1, 0.15) is 23.1 Å². The number of ether oxygens (including phenoxy) is 1. The number of carbonyl (C=O) groups is 1. The van der Waals surface area contributed by atoms with Crippen LogP contribution in [-0.2, 0) is 14.8 Å². The van der Waals surface area contributed by atoms with Crippen LogP contribution in [0.3, 0.4) is 0 Å². The molecule has 0 unspecified atom stereocenters. The first-order valence-electron chi connectivity index (χ1n) is 15.3. The minimum atomic E-state index is -4.08. The van der Waals surface area contributed by atoms with Gasteiger partial charge in [-0.3, -0.25) is 0 Å². The van der Waals surface area contributed by atoms with Crippen molar-refractivity contribution in [3.8, 4) is 22.5 Å². The number of hydrogen-bond donors (Lipinski definition) is 1. The molecule has 1 saturated heterocycles. The average Bonchev–Trinajstić information content (AvgIpc) is 3.41. The first-order valence-corrected chi connectivity index (χ1v) is 16.7. The Labute approximate surface area is 272 Å². The molecule has 3 heterocycles. The maximum absolute atomic E-state index is 14.8. The van der Waals surface area contributed by atoms with E-state index in [1.54, 1.807) is 35.4 Å². The van der Waals surface area contributed by atoms with Crippen LogP contribution in [0.1, 0.15) is 39.2 Å². The van der Waals surface area contributed by atoms with E-state index in [4.69, 9.17) is 9.72 Å². The predicted molar refractivity (Wildman–Crippen MR) is 177 cm³/mol. The molecule has 0 radical (unpaired) electrons. The molecule has 0 bridgehead atoms. The lowest BCUT2D eigenvalue weighted by Gasteiger charge is -2.34. The normalized spacial score (nSPS) is 15.5. The number of nitrogens with zero attached hydrogens (tertiary/aromatic N) is 4. The van der Waals surface area contributed by atoms with Gasteiger partial charge in [-0.1, -0.05) is 29.8 Å². The predicted octanol–water partition coefficient (Wildman–Crippen LogP) is 7.40. The first-order chi connectivity index (χ1) is 22.3. The number of halogens is 2. The molecule has 5 aromatic rings. The van der Waals surface area contributed by atoms with Gasteiger partial charge in [0.05, 0.1) is 16.0 Å². The van der Waals surface area contributed by atoms with Crippen LogP contribution >= 0.6 is 0 Å². The topological polar surface area (TPSA) is 106 Å². The Morgan fingerprint density at radius 1 is 1.02 bits per heavy atom. The highest BCUT2D eigenvalue weighted by molar-refractivity contribution is 7.90. The van der Waals surface area contributed by atoms with E-state index >= 15 is 0 Å². The molecular weight excluding hydrogens is 624 g/mol. The van der Waals surface area contributed by atoms with Crippen LogP contribution in [0.5, 0.6) is 0 Å². The summed E-state index contributed by atoms with van der Waals surface area (Å²) in [6, 6.07) is 16.3. The van der Waals surface area contributed by atoms with Crippen molar-refractivity contribution in [1.82, 2.24) is 18.8 Å². The molecule has 0 aliphatic carbocycles. The number of likely N-dealkylation sites (tertiary alicyclic amines) is 1. The zero-order valence-corrected chi connectivity index (χ0v) is 27.3. The van der Waals surface area contributed by atoms with Gasteiger partial charge in [0.25, 0.3) is 10.0 Å². The number of anilines is 1. The van der Waals surface area contributed by atoms with E-state index in [0.717, 1.165) is 22.4 Å². The number of hydrogen-bond acceptors (Lipinski definition) is 7. The van der Waals surface area contributed by atoms with Crippen LogP contribution in [0.2, 0.25) is 0 Å². The van der Waals surface area contributed by atoms with Crippen LogP contribution < -0.4 is 5.32 Å². The number of carbonyl (C=O) groups excluding carboxylic acids is 1. The summed E-state index contributed by atoms with van der Waals surface area (Å²) in [6.45, 7) is 8.34. The molecule has 1 atom stereocenters. The van der Waals surface area contributed by atoms with Gasteiger partial charge in [0, 0.05) is 42.5 Å². The van der Waals surface area contributed by atoms with E-state index in [0.29, 0.717) is 35.4 Å². The molecule has 6 rings (SSSR count). The number of aryl methyl sites for hydroxylation is 1. The fourth-order valence-electron chi connectivity index (χ4n) is 5.70. The fourth-order valence-corrected chi connectivity index (χ4v) is 7.06. The lowest BCUT2D eigenvalue weighted by Crippen LogP contribution is -2.47. The van der Waals surface area contributed by atoms with E-state index in [2.05, 4.69) is 10.3 Å². The van der Waals surface area contributed by atoms with Gasteiger partial charge in [-0.05, 0) is 88.6 Å². The highest BCUT2D eigenvalue weighted by Crippen LogP contribution is 2.36. The Kier molecular flexibility index (Phi) is 8.47. The zero-order chi connectivity index (χ0) is 33.5. The third-order valence-electron chi connectivity index (χ3n) is 7.92. The molecule has 1 N–H and O–H groups in total. The number of aromatic nitrogens is 3. The van der Waals surface area contributed by atoms with Crippen molar-refractivity contribution >= 4 is 32.8 Å². The minimum Gasteiger partial charge on any atom is -0.444 e. The Morgan fingerprint density at radius 2 is 1.74 bits per heavy atom. The second-order valence-corrected chi connectivity index (χ2v) is 14.5. The summed E-state index contributed by atoms with van der Waals surface area (Å²) in [4.78, 5) is 23.6. The van der Waals surface area contributed by atoms with Crippen molar-refractivity contribution in [3.63, 3.8) is 0 Å². The second-order valence-electron chi connectivity index (χ2n) is 12.7. The molecule has 3 aromatic carbocycles. The monoisotopic (exact) mass is 659 g/mol. The standard InChI is InChI=1S/C35H35F2N5O4S/c1-22-10-13-25(14-11-22)47(44,45)42-21-27(26-19-23(12-15-30(26)42)32-28(36)8-5-9-29(32)37)33-38-17-16-31(40-33)39-24-7-6-18-41(20-24)34(43)46-35(2,3)4/h5,8-17,19,21,24H,6-7,18,20H2,1-4H3,(H,38,39,40)/t24-/m1/s1. The number of rotatable bonds is 6. The van der Waals surface area contributed by atoms with Crippen molar-refractivity contribution in [2.45, 2.75) is 57.1 Å². The molecule has 0 spiro atoms. The average molecular weight is 660 g/mol. The first kappa shape index (κ1) is 32.1. The lowest BCUT2D eigenvalue weighted by atomic mass is 10.0. The van der Waals surface area contributed by atoms with E-state index in [9.17, 15) is 22.0 Å². The second kappa shape index (κ2) is 12.4. The van der Waals surface area contributed by atoms with Gasteiger partial charge in [-0.15, -0.1) is 0 Å². The Morgan fingerprint density at radius 3 is 2.45 bits per heavy atom. The summed E-state index contributed by atoms with van der Waals surface area (Å²) < 4.78 is 64.2. The number of amides is 1. The number of nitrogens with one attached hydrogen (secondary N) is 1. The zero-order valence-electron chi connectivity index (χ0n) is 26.5. The third-order valence-corrected chi connectivity index (χ3v) is 9.61. The molecular formula is C35H35F2N5O4S. The molecule has 9 nitrogen and oxygen atoms in total. The SMILES string of the molecule is Cc1ccc(S(=O)(=O)n2cc(-c3nccc(N[C@@H]4CCCN(C(=O)OC(C)(C)C)C4)n3)c3cc(-c4c(F)cccc4F)ccc32)cc1. The number of benzene rings is 3. The van der Waals surface area contributed by atoms with Gasteiger partial charge in [0.15, 0.2) is 5.82 Å². The van der Waals surface area contributed by atoms with E-state index in [1.807, 2.05) is 27.7 Å². The summed E-state index contributed by atoms with van der Waals surface area (Å²) >= 11 is 0. The van der Waals surface area contributed by atoms with Crippen molar-refractivity contribution in [3.05, 3.63) is 96.3 Å². The van der Waals surface area contributed by atoms with Gasteiger partial charge in [-0.25, -0.2) is 35.9 Å². The smallest absolute Gasteiger partial charge is 0.410 e. The molecule has 12 heteroatoms. The van der Waals surface area contributed by atoms with E-state index < -0.39 is 27.3 Å². The molecule has 244 valence electrons. The minimum absolute atomic E-state index is 0.0824. The third kappa shape index (κ3) is 6.69. The van der Waals surface area contributed by atoms with E-state index in [1.165, 1.54) is 48.7 Å². The number of piperidine rings is 1. The quantitative estimate of drug-likeness (QED) is 0.203. The summed E-state index contributed by atoms with van der Waals surface area (Å²) in [5.41, 5.74) is 0.961. The van der Waals surface area contributed by atoms with Gasteiger partial charge >= 0.3 is 6.09 Å². The summed E-state index contributed by atoms with van der Waals surface area (Å²) in [7, 11) is -4.08. The molecule has 1 aliphatic rings. The Balaban J connectivity index is 1.41. The Bertz CT molecular complexity index is 2050. The highest BCUT2D eigenvalue weighted by Gasteiger charge is 2.28. The van der Waals surface area contributed by atoms with Gasteiger partial charge < -0.3 is 15.0 Å². The molecule has 2 aromatic heterocycles. The number of fused-ring (bicyclic) bond motifs is 1. The summed E-state index contributed by atoms with van der Waals surface area (Å²) in [5, 5.41) is 3.78. The van der Waals surface area contributed by atoms with Crippen molar-refractivity contribution < 1.29 is 26.7 Å². The van der Waals surface area contributed by atoms with Crippen molar-refractivity contribution in [2.24, 2.45) is 0 Å². The molecule has 47 heavy (non-hydrogen) atoms. The molecule has 1 aliphatic heterocycles. The molecule has 1 amide bonds. The molecule has 1 fully saturated rings. The van der Waals surface area contributed by atoms with Crippen LogP contribution in [0.25, 0.3) is 33.4 Å². The van der Waals surface area contributed by atoms with Crippen LogP contribution in [0.15, 0.2) is 84.0 Å². The van der Waals surface area contributed by atoms with Gasteiger partial charge in [-0.2, -0.15) is 0 Å². The lowest BCUT2D eigenvalue weighted by molar-refractivity contribution is 0.0206. The highest BCUT2D eigenvalue weighted by atomic mass is 32.2. The largest absolute Gasteiger partial charge is 0.444 e. The van der Waals surface area contributed by atoms with Crippen LogP contribution in [-0.4, -0.2) is 58.1 Å². The summed E-state index contributed by atoms with van der Waals surface area (Å²) in [6.07, 6.45) is 4.18. The molecule has 0 saturated carbocycles. The maximum atomic E-state index is 14.8. The van der Waals surface area contributed by atoms with Crippen molar-refractivity contribution in [1.29, 1.82) is 0 Å². The maximum Gasteiger partial charge on any atom is 0.410 e. The fraction of sp³-hybridized carbons (Fsp3) is 0.286.